The highest BCUT2D eigenvalue weighted by atomic mass is 16.5. The number of carbonyl (C=O) groups excluding carboxylic acids is 1. The van der Waals surface area contributed by atoms with E-state index in [0.717, 1.165) is 25.9 Å². The van der Waals surface area contributed by atoms with E-state index in [4.69, 9.17) is 9.84 Å². The molecule has 0 radical (unpaired) electrons. The van der Waals surface area contributed by atoms with Crippen LogP contribution in [0.2, 0.25) is 0 Å². The van der Waals surface area contributed by atoms with Gasteiger partial charge in [-0.05, 0) is 37.0 Å². The number of nitrogens with one attached hydrogen (secondary N) is 2. The molecule has 0 saturated heterocycles. The summed E-state index contributed by atoms with van der Waals surface area (Å²) in [6.45, 7) is 1.34. The monoisotopic (exact) mass is 294 g/mol. The van der Waals surface area contributed by atoms with Gasteiger partial charge in [-0.2, -0.15) is 0 Å². The topological polar surface area (TPSA) is 87.7 Å². The first-order valence-corrected chi connectivity index (χ1v) is 6.96. The number of urea groups is 1. The molecule has 0 atom stereocenters. The first-order valence-electron chi connectivity index (χ1n) is 6.96. The van der Waals surface area contributed by atoms with Gasteiger partial charge in [0, 0.05) is 25.9 Å². The summed E-state index contributed by atoms with van der Waals surface area (Å²) in [4.78, 5) is 22.3. The van der Waals surface area contributed by atoms with Crippen molar-refractivity contribution in [3.63, 3.8) is 0 Å². The zero-order valence-corrected chi connectivity index (χ0v) is 12.2. The molecule has 21 heavy (non-hydrogen) atoms. The Labute approximate surface area is 124 Å². The molecule has 0 heterocycles. The molecule has 3 N–H and O–H groups in total. The summed E-state index contributed by atoms with van der Waals surface area (Å²) in [5, 5.41) is 14.2. The second kappa shape index (κ2) is 9.77. The van der Waals surface area contributed by atoms with E-state index in [-0.39, 0.29) is 12.5 Å². The van der Waals surface area contributed by atoms with Crippen LogP contribution in [0.25, 0.3) is 0 Å². The number of benzene rings is 1. The van der Waals surface area contributed by atoms with E-state index >= 15 is 0 Å². The minimum absolute atomic E-state index is 0.0589. The maximum atomic E-state index is 11.7. The molecule has 1 aromatic rings. The highest BCUT2D eigenvalue weighted by Gasteiger charge is 2.04. The van der Waals surface area contributed by atoms with Crippen molar-refractivity contribution in [1.82, 2.24) is 5.32 Å². The number of amides is 2. The summed E-state index contributed by atoms with van der Waals surface area (Å²) in [7, 11) is 1.67. The van der Waals surface area contributed by atoms with Crippen molar-refractivity contribution in [3.8, 4) is 0 Å². The largest absolute Gasteiger partial charge is 0.481 e. The van der Waals surface area contributed by atoms with E-state index < -0.39 is 5.97 Å². The molecule has 116 valence electrons. The number of rotatable bonds is 9. The molecular formula is C15H22N2O4. The number of hydrogen-bond donors (Lipinski definition) is 3. The van der Waals surface area contributed by atoms with Crippen LogP contribution in [-0.2, 0) is 16.0 Å². The van der Waals surface area contributed by atoms with Crippen LogP contribution in [0, 0.1) is 0 Å². The van der Waals surface area contributed by atoms with Crippen molar-refractivity contribution in [2.45, 2.75) is 25.7 Å². The molecule has 0 aromatic heterocycles. The van der Waals surface area contributed by atoms with Crippen LogP contribution in [0.15, 0.2) is 24.3 Å². The number of carboxylic acids is 1. The number of unbranched alkanes of at least 4 members (excludes halogenated alkanes) is 2. The average Bonchev–Trinajstić information content (AvgIpc) is 2.42. The maximum Gasteiger partial charge on any atom is 0.319 e. The first-order chi connectivity index (χ1) is 10.1. The van der Waals surface area contributed by atoms with Crippen LogP contribution >= 0.6 is 0 Å². The lowest BCUT2D eigenvalue weighted by Crippen LogP contribution is -2.29. The van der Waals surface area contributed by atoms with Crippen LogP contribution in [0.1, 0.15) is 24.8 Å². The Morgan fingerprint density at radius 3 is 2.76 bits per heavy atom. The maximum absolute atomic E-state index is 11.7. The second-order valence-electron chi connectivity index (χ2n) is 4.71. The lowest BCUT2D eigenvalue weighted by molar-refractivity contribution is -0.136. The van der Waals surface area contributed by atoms with Gasteiger partial charge in [0.1, 0.15) is 0 Å². The summed E-state index contributed by atoms with van der Waals surface area (Å²) < 4.78 is 4.95. The summed E-state index contributed by atoms with van der Waals surface area (Å²) in [6.07, 6.45) is 2.83. The van der Waals surface area contributed by atoms with Gasteiger partial charge in [-0.3, -0.25) is 4.79 Å². The van der Waals surface area contributed by atoms with E-state index in [2.05, 4.69) is 10.6 Å². The van der Waals surface area contributed by atoms with Crippen molar-refractivity contribution >= 4 is 17.7 Å². The van der Waals surface area contributed by atoms with Crippen LogP contribution < -0.4 is 10.6 Å². The van der Waals surface area contributed by atoms with Crippen molar-refractivity contribution < 1.29 is 19.4 Å². The lowest BCUT2D eigenvalue weighted by Gasteiger charge is -2.08. The number of anilines is 1. The van der Waals surface area contributed by atoms with Crippen molar-refractivity contribution in [2.75, 3.05) is 25.6 Å². The highest BCUT2D eigenvalue weighted by molar-refractivity contribution is 5.89. The van der Waals surface area contributed by atoms with E-state index in [9.17, 15) is 9.59 Å². The molecule has 0 saturated carbocycles. The molecule has 0 aliphatic heterocycles. The zero-order chi connectivity index (χ0) is 15.5. The summed E-state index contributed by atoms with van der Waals surface area (Å²) >= 11 is 0. The van der Waals surface area contributed by atoms with Crippen LogP contribution in [0.5, 0.6) is 0 Å². The predicted octanol–water partition coefficient (Wildman–Crippen LogP) is 2.25. The SMILES string of the molecule is COCCCCCNC(=O)Nc1cccc(CC(=O)O)c1. The highest BCUT2D eigenvalue weighted by Crippen LogP contribution is 2.11. The molecule has 0 fully saturated rings. The standard InChI is InChI=1S/C15H22N2O4/c1-21-9-4-2-3-8-16-15(20)17-13-7-5-6-12(10-13)11-14(18)19/h5-7,10H,2-4,8-9,11H2,1H3,(H,18,19)(H2,16,17,20). The fourth-order valence-corrected chi connectivity index (χ4v) is 1.86. The van der Waals surface area contributed by atoms with Crippen molar-refractivity contribution in [2.24, 2.45) is 0 Å². The minimum atomic E-state index is -0.896. The third kappa shape index (κ3) is 7.94. The molecule has 2 amide bonds. The van der Waals surface area contributed by atoms with E-state index in [1.807, 2.05) is 0 Å². The molecule has 0 bridgehead atoms. The number of methoxy groups -OCH3 is 1. The number of carboxylic acid groups (broad SMARTS) is 1. The smallest absolute Gasteiger partial charge is 0.319 e. The fourth-order valence-electron chi connectivity index (χ4n) is 1.86. The fraction of sp³-hybridized carbons (Fsp3) is 0.467. The van der Waals surface area contributed by atoms with E-state index in [0.29, 0.717) is 17.8 Å². The Balaban J connectivity index is 2.29. The third-order valence-corrected chi connectivity index (χ3v) is 2.85. The van der Waals surface area contributed by atoms with E-state index in [1.54, 1.807) is 31.4 Å². The Kier molecular flexibility index (Phi) is 7.89. The van der Waals surface area contributed by atoms with Crippen molar-refractivity contribution in [3.05, 3.63) is 29.8 Å². The Morgan fingerprint density at radius 2 is 2.05 bits per heavy atom. The normalized spacial score (nSPS) is 10.1. The Bertz CT molecular complexity index is 463. The lowest BCUT2D eigenvalue weighted by atomic mass is 10.1. The van der Waals surface area contributed by atoms with E-state index in [1.165, 1.54) is 0 Å². The third-order valence-electron chi connectivity index (χ3n) is 2.85. The number of carbonyl (C=O) groups is 2. The van der Waals surface area contributed by atoms with Gasteiger partial charge in [-0.1, -0.05) is 12.1 Å². The minimum Gasteiger partial charge on any atom is -0.481 e. The molecule has 0 aliphatic rings. The van der Waals surface area contributed by atoms with Crippen LogP contribution in [0.3, 0.4) is 0 Å². The molecule has 0 unspecified atom stereocenters. The van der Waals surface area contributed by atoms with Gasteiger partial charge in [-0.25, -0.2) is 4.79 Å². The van der Waals surface area contributed by atoms with Gasteiger partial charge in [0.25, 0.3) is 0 Å². The van der Waals surface area contributed by atoms with Crippen molar-refractivity contribution in [1.29, 1.82) is 0 Å². The van der Waals surface area contributed by atoms with Gasteiger partial charge < -0.3 is 20.5 Å². The van der Waals surface area contributed by atoms with Gasteiger partial charge in [0.05, 0.1) is 6.42 Å². The number of aliphatic carboxylic acids is 1. The quantitative estimate of drug-likeness (QED) is 0.610. The van der Waals surface area contributed by atoms with Gasteiger partial charge in [0.15, 0.2) is 0 Å². The summed E-state index contributed by atoms with van der Waals surface area (Å²) in [6, 6.07) is 6.54. The Morgan fingerprint density at radius 1 is 1.24 bits per heavy atom. The first kappa shape index (κ1) is 17.0. The van der Waals surface area contributed by atoms with Gasteiger partial charge in [-0.15, -0.1) is 0 Å². The van der Waals surface area contributed by atoms with Gasteiger partial charge in [0.2, 0.25) is 0 Å². The molecular weight excluding hydrogens is 272 g/mol. The summed E-state index contributed by atoms with van der Waals surface area (Å²) in [5.74, 6) is -0.896. The zero-order valence-electron chi connectivity index (χ0n) is 12.2. The molecule has 0 spiro atoms. The molecule has 1 aromatic carbocycles. The van der Waals surface area contributed by atoms with Gasteiger partial charge >= 0.3 is 12.0 Å². The number of ether oxygens (including phenoxy) is 1. The molecule has 0 aliphatic carbocycles. The average molecular weight is 294 g/mol. The molecule has 6 heteroatoms. The molecule has 6 nitrogen and oxygen atoms in total. The number of hydrogen-bond acceptors (Lipinski definition) is 3. The summed E-state index contributed by atoms with van der Waals surface area (Å²) in [5.41, 5.74) is 1.24. The second-order valence-corrected chi connectivity index (χ2v) is 4.71. The molecule has 1 rings (SSSR count). The van der Waals surface area contributed by atoms with Crippen LogP contribution in [0.4, 0.5) is 10.5 Å². The Hall–Kier alpha value is -2.08. The van der Waals surface area contributed by atoms with Crippen LogP contribution in [-0.4, -0.2) is 37.4 Å². The predicted molar refractivity (Wildman–Crippen MR) is 80.5 cm³/mol.